The fourth-order valence-corrected chi connectivity index (χ4v) is 3.27. The first kappa shape index (κ1) is 21.6. The lowest BCUT2D eigenvalue weighted by Gasteiger charge is -2.13. The van der Waals surface area contributed by atoms with Crippen molar-refractivity contribution in [1.29, 1.82) is 0 Å². The monoisotopic (exact) mass is 350 g/mol. The second-order valence-corrected chi connectivity index (χ2v) is 6.88. The SMILES string of the molecule is CCCCC(C/C=C/[C@H]1CCC(=O)/C1=C/CCCCCC(=O)O)OC. The predicted octanol–water partition coefficient (Wildman–Crippen LogP) is 5.08. The maximum atomic E-state index is 12.1. The second-order valence-electron chi connectivity index (χ2n) is 6.88. The first-order valence-corrected chi connectivity index (χ1v) is 9.73. The van der Waals surface area contributed by atoms with Crippen LogP contribution in [0.2, 0.25) is 0 Å². The van der Waals surface area contributed by atoms with E-state index in [9.17, 15) is 9.59 Å². The predicted molar refractivity (Wildman–Crippen MR) is 101 cm³/mol. The standard InChI is InChI=1S/C21H34O4/c1-3-4-11-18(25-2)12-9-10-17-15-16-20(22)19(17)13-7-5-6-8-14-21(23)24/h9-10,13,17-18H,3-8,11-12,14-16H2,1-2H3,(H,23,24)/b10-9+,19-13+/t17-,18?/m0/s1. The van der Waals surface area contributed by atoms with Gasteiger partial charge in [0, 0.05) is 25.9 Å². The molecule has 0 aromatic rings. The molecule has 0 aliphatic heterocycles. The molecule has 0 saturated heterocycles. The molecule has 4 nitrogen and oxygen atoms in total. The minimum absolute atomic E-state index is 0.236. The summed E-state index contributed by atoms with van der Waals surface area (Å²) in [6.07, 6.45) is 16.3. The summed E-state index contributed by atoms with van der Waals surface area (Å²) >= 11 is 0. The van der Waals surface area contributed by atoms with Crippen LogP contribution >= 0.6 is 0 Å². The Kier molecular flexibility index (Phi) is 11.1. The number of allylic oxidation sites excluding steroid dienone is 3. The molecular weight excluding hydrogens is 316 g/mol. The van der Waals surface area contributed by atoms with Crippen molar-refractivity contribution in [2.24, 2.45) is 5.92 Å². The Morgan fingerprint density at radius 2 is 2.12 bits per heavy atom. The highest BCUT2D eigenvalue weighted by Gasteiger charge is 2.25. The van der Waals surface area contributed by atoms with Crippen molar-refractivity contribution in [1.82, 2.24) is 0 Å². The Morgan fingerprint density at radius 1 is 1.32 bits per heavy atom. The van der Waals surface area contributed by atoms with Crippen LogP contribution in [0, 0.1) is 5.92 Å². The van der Waals surface area contributed by atoms with Gasteiger partial charge in [0.15, 0.2) is 5.78 Å². The topological polar surface area (TPSA) is 63.6 Å². The van der Waals surface area contributed by atoms with Crippen molar-refractivity contribution in [3.8, 4) is 0 Å². The molecule has 25 heavy (non-hydrogen) atoms. The molecule has 142 valence electrons. The van der Waals surface area contributed by atoms with E-state index in [-0.39, 0.29) is 24.2 Å². The third-order valence-electron chi connectivity index (χ3n) is 4.84. The summed E-state index contributed by atoms with van der Waals surface area (Å²) in [5, 5.41) is 8.63. The summed E-state index contributed by atoms with van der Waals surface area (Å²) in [5.41, 5.74) is 0.956. The molecule has 0 heterocycles. The molecule has 1 fully saturated rings. The molecule has 2 atom stereocenters. The fraction of sp³-hybridized carbons (Fsp3) is 0.714. The Labute approximate surface area is 152 Å². The number of carbonyl (C=O) groups excluding carboxylic acids is 1. The highest BCUT2D eigenvalue weighted by Crippen LogP contribution is 2.30. The summed E-state index contributed by atoms with van der Waals surface area (Å²) in [7, 11) is 1.77. The summed E-state index contributed by atoms with van der Waals surface area (Å²) in [4.78, 5) is 22.6. The summed E-state index contributed by atoms with van der Waals surface area (Å²) < 4.78 is 5.51. The molecule has 0 bridgehead atoms. The Bertz CT molecular complexity index is 465. The lowest BCUT2D eigenvalue weighted by molar-refractivity contribution is -0.137. The van der Waals surface area contributed by atoms with Crippen LogP contribution in [0.1, 0.15) is 77.6 Å². The molecule has 1 unspecified atom stereocenters. The zero-order valence-corrected chi connectivity index (χ0v) is 15.8. The number of Topliss-reactive ketones (excluding diaryl/α,β-unsaturated/α-hetero) is 1. The zero-order chi connectivity index (χ0) is 18.5. The number of ether oxygens (including phenoxy) is 1. The van der Waals surface area contributed by atoms with Crippen molar-refractivity contribution in [3.63, 3.8) is 0 Å². The van der Waals surface area contributed by atoms with Crippen molar-refractivity contribution < 1.29 is 19.4 Å². The van der Waals surface area contributed by atoms with Crippen LogP contribution in [0.5, 0.6) is 0 Å². The molecule has 1 N–H and O–H groups in total. The number of unbranched alkanes of at least 4 members (excludes halogenated alkanes) is 4. The molecular formula is C21H34O4. The third-order valence-corrected chi connectivity index (χ3v) is 4.84. The highest BCUT2D eigenvalue weighted by atomic mass is 16.5. The van der Waals surface area contributed by atoms with Crippen molar-refractivity contribution in [2.75, 3.05) is 7.11 Å². The minimum atomic E-state index is -0.733. The minimum Gasteiger partial charge on any atom is -0.481 e. The van der Waals surface area contributed by atoms with Gasteiger partial charge in [-0.25, -0.2) is 0 Å². The molecule has 0 amide bonds. The van der Waals surface area contributed by atoms with Gasteiger partial charge in [0.05, 0.1) is 6.10 Å². The van der Waals surface area contributed by atoms with Gasteiger partial charge in [-0.15, -0.1) is 0 Å². The number of methoxy groups -OCH3 is 1. The van der Waals surface area contributed by atoms with Gasteiger partial charge in [-0.05, 0) is 44.1 Å². The van der Waals surface area contributed by atoms with Crippen LogP contribution in [-0.4, -0.2) is 30.1 Å². The molecule has 0 aromatic carbocycles. The molecule has 4 heteroatoms. The normalized spacial score (nSPS) is 20.6. The molecule has 0 aromatic heterocycles. The van der Waals surface area contributed by atoms with Crippen LogP contribution in [0.4, 0.5) is 0 Å². The summed E-state index contributed by atoms with van der Waals surface area (Å²) in [6, 6.07) is 0. The maximum Gasteiger partial charge on any atom is 0.303 e. The molecule has 0 radical (unpaired) electrons. The molecule has 1 rings (SSSR count). The smallest absolute Gasteiger partial charge is 0.303 e. The number of rotatable bonds is 13. The van der Waals surface area contributed by atoms with Crippen LogP contribution in [0.25, 0.3) is 0 Å². The molecule has 1 aliphatic rings. The van der Waals surface area contributed by atoms with E-state index in [2.05, 4.69) is 25.2 Å². The number of ketones is 1. The van der Waals surface area contributed by atoms with Gasteiger partial charge in [-0.1, -0.05) is 44.4 Å². The van der Waals surface area contributed by atoms with Gasteiger partial charge < -0.3 is 9.84 Å². The molecule has 1 saturated carbocycles. The summed E-state index contributed by atoms with van der Waals surface area (Å²) in [6.45, 7) is 2.19. The van der Waals surface area contributed by atoms with E-state index >= 15 is 0 Å². The zero-order valence-electron chi connectivity index (χ0n) is 15.8. The van der Waals surface area contributed by atoms with Gasteiger partial charge in [0.1, 0.15) is 0 Å². The van der Waals surface area contributed by atoms with Crippen molar-refractivity contribution in [3.05, 3.63) is 23.8 Å². The number of aliphatic carboxylic acids is 1. The van der Waals surface area contributed by atoms with E-state index < -0.39 is 5.97 Å². The number of carboxylic acid groups (broad SMARTS) is 1. The molecule has 0 spiro atoms. The van der Waals surface area contributed by atoms with E-state index in [4.69, 9.17) is 9.84 Å². The van der Waals surface area contributed by atoms with Gasteiger partial charge in [-0.2, -0.15) is 0 Å². The van der Waals surface area contributed by atoms with E-state index in [1.165, 1.54) is 12.8 Å². The van der Waals surface area contributed by atoms with E-state index in [1.807, 2.05) is 0 Å². The van der Waals surface area contributed by atoms with Gasteiger partial charge >= 0.3 is 5.97 Å². The lowest BCUT2D eigenvalue weighted by Crippen LogP contribution is -2.09. The third kappa shape index (κ3) is 9.01. The number of carboxylic acids is 1. The number of hydrogen-bond donors (Lipinski definition) is 1. The Balaban J connectivity index is 2.41. The van der Waals surface area contributed by atoms with Crippen LogP contribution in [-0.2, 0) is 14.3 Å². The van der Waals surface area contributed by atoms with E-state index in [0.29, 0.717) is 12.8 Å². The highest BCUT2D eigenvalue weighted by molar-refractivity contribution is 5.98. The van der Waals surface area contributed by atoms with Crippen molar-refractivity contribution in [2.45, 2.75) is 83.7 Å². The second kappa shape index (κ2) is 12.9. The number of hydrogen-bond acceptors (Lipinski definition) is 3. The van der Waals surface area contributed by atoms with Gasteiger partial charge in [-0.3, -0.25) is 9.59 Å². The largest absolute Gasteiger partial charge is 0.481 e. The van der Waals surface area contributed by atoms with Crippen molar-refractivity contribution >= 4 is 11.8 Å². The first-order chi connectivity index (χ1) is 12.1. The fourth-order valence-electron chi connectivity index (χ4n) is 3.27. The van der Waals surface area contributed by atoms with E-state index in [1.54, 1.807) is 7.11 Å². The average molecular weight is 350 g/mol. The Hall–Kier alpha value is -1.42. The maximum absolute atomic E-state index is 12.1. The average Bonchev–Trinajstić information content (AvgIpc) is 2.94. The number of carbonyl (C=O) groups is 2. The Morgan fingerprint density at radius 3 is 2.80 bits per heavy atom. The van der Waals surface area contributed by atoms with Crippen LogP contribution in [0.15, 0.2) is 23.8 Å². The summed E-state index contributed by atoms with van der Waals surface area (Å²) in [5.74, 6) is -0.215. The lowest BCUT2D eigenvalue weighted by atomic mass is 9.98. The first-order valence-electron chi connectivity index (χ1n) is 9.73. The van der Waals surface area contributed by atoms with Gasteiger partial charge in [0.25, 0.3) is 0 Å². The quantitative estimate of drug-likeness (QED) is 0.286. The van der Waals surface area contributed by atoms with Gasteiger partial charge in [0.2, 0.25) is 0 Å². The van der Waals surface area contributed by atoms with E-state index in [0.717, 1.165) is 44.1 Å². The van der Waals surface area contributed by atoms with Crippen LogP contribution in [0.3, 0.4) is 0 Å². The molecule has 1 aliphatic carbocycles. The van der Waals surface area contributed by atoms with Crippen LogP contribution < -0.4 is 0 Å².